The van der Waals surface area contributed by atoms with Gasteiger partial charge in [-0.15, -0.1) is 0 Å². The highest BCUT2D eigenvalue weighted by Crippen LogP contribution is 2.30. The van der Waals surface area contributed by atoms with E-state index in [0.717, 1.165) is 22.5 Å². The van der Waals surface area contributed by atoms with E-state index in [-0.39, 0.29) is 18.5 Å². The molecule has 26 heavy (non-hydrogen) atoms. The Balaban J connectivity index is 1.42. The summed E-state index contributed by atoms with van der Waals surface area (Å²) >= 11 is 0. The predicted molar refractivity (Wildman–Crippen MR) is 94.8 cm³/mol. The molecule has 0 bridgehead atoms. The largest absolute Gasteiger partial charge is 0.461 e. The van der Waals surface area contributed by atoms with Gasteiger partial charge in [0.05, 0.1) is 6.54 Å². The number of hydrogen-bond acceptors (Lipinski definition) is 3. The molecule has 1 aliphatic rings. The van der Waals surface area contributed by atoms with E-state index < -0.39 is 0 Å². The first kappa shape index (κ1) is 16.4. The summed E-state index contributed by atoms with van der Waals surface area (Å²) in [5.41, 5.74) is 2.74. The summed E-state index contributed by atoms with van der Waals surface area (Å²) in [6, 6.07) is 17.7. The number of furan rings is 1. The summed E-state index contributed by atoms with van der Waals surface area (Å²) in [4.78, 5) is 14.0. The standard InChI is InChI=1S/C21H18FNO3/c22-18-8-6-16(7-9-18)20-12-17-13-23(11-10-19(17)26-20)21(24)25-14-15-4-2-1-3-5-15/h1-9,12H,10-11,13-14H2. The lowest BCUT2D eigenvalue weighted by molar-refractivity contribution is 0.0908. The monoisotopic (exact) mass is 351 g/mol. The second kappa shape index (κ2) is 7.04. The Morgan fingerprint density at radius 2 is 1.88 bits per heavy atom. The average Bonchev–Trinajstić information content (AvgIpc) is 3.10. The van der Waals surface area contributed by atoms with E-state index in [1.807, 2.05) is 36.4 Å². The third-order valence-corrected chi connectivity index (χ3v) is 4.46. The summed E-state index contributed by atoms with van der Waals surface area (Å²) < 4.78 is 24.4. The van der Waals surface area contributed by atoms with Gasteiger partial charge in [-0.3, -0.25) is 0 Å². The molecule has 4 rings (SSSR count). The maximum Gasteiger partial charge on any atom is 0.410 e. The molecule has 0 N–H and O–H groups in total. The van der Waals surface area contributed by atoms with Crippen LogP contribution in [-0.4, -0.2) is 17.5 Å². The van der Waals surface area contributed by atoms with Gasteiger partial charge < -0.3 is 14.1 Å². The van der Waals surface area contributed by atoms with Crippen molar-refractivity contribution in [2.24, 2.45) is 0 Å². The van der Waals surface area contributed by atoms with Gasteiger partial charge in [0.25, 0.3) is 0 Å². The molecule has 2 aromatic carbocycles. The number of halogens is 1. The second-order valence-electron chi connectivity index (χ2n) is 6.28. The van der Waals surface area contributed by atoms with Gasteiger partial charge in [-0.25, -0.2) is 9.18 Å². The Morgan fingerprint density at radius 3 is 2.65 bits per heavy atom. The topological polar surface area (TPSA) is 42.7 Å². The minimum absolute atomic E-state index is 0.259. The van der Waals surface area contributed by atoms with E-state index in [9.17, 15) is 9.18 Å². The Labute approximate surface area is 150 Å². The fourth-order valence-corrected chi connectivity index (χ4v) is 3.06. The van der Waals surface area contributed by atoms with Crippen molar-refractivity contribution in [3.05, 3.63) is 83.4 Å². The van der Waals surface area contributed by atoms with Gasteiger partial charge in [-0.1, -0.05) is 30.3 Å². The number of carbonyl (C=O) groups is 1. The van der Waals surface area contributed by atoms with Gasteiger partial charge in [-0.05, 0) is 35.9 Å². The Bertz CT molecular complexity index is 903. The van der Waals surface area contributed by atoms with E-state index >= 15 is 0 Å². The average molecular weight is 351 g/mol. The zero-order chi connectivity index (χ0) is 17.9. The van der Waals surface area contributed by atoms with Crippen LogP contribution >= 0.6 is 0 Å². The number of rotatable bonds is 3. The lowest BCUT2D eigenvalue weighted by Gasteiger charge is -2.25. The van der Waals surface area contributed by atoms with Crippen molar-refractivity contribution < 1.29 is 18.3 Å². The van der Waals surface area contributed by atoms with E-state index in [0.29, 0.717) is 25.3 Å². The van der Waals surface area contributed by atoms with Crippen LogP contribution in [0.5, 0.6) is 0 Å². The van der Waals surface area contributed by atoms with Gasteiger partial charge in [-0.2, -0.15) is 0 Å². The molecule has 3 aromatic rings. The summed E-state index contributed by atoms with van der Waals surface area (Å²) in [6.07, 6.45) is 0.306. The van der Waals surface area contributed by atoms with Crippen LogP contribution in [0.25, 0.3) is 11.3 Å². The van der Waals surface area contributed by atoms with Crippen LogP contribution in [0, 0.1) is 5.82 Å². The lowest BCUT2D eigenvalue weighted by atomic mass is 10.1. The van der Waals surface area contributed by atoms with Crippen molar-refractivity contribution in [3.8, 4) is 11.3 Å². The van der Waals surface area contributed by atoms with Crippen LogP contribution in [-0.2, 0) is 24.3 Å². The molecule has 5 heteroatoms. The lowest BCUT2D eigenvalue weighted by Crippen LogP contribution is -2.35. The fraction of sp³-hybridized carbons (Fsp3) is 0.190. The minimum Gasteiger partial charge on any atom is -0.461 e. The Morgan fingerprint density at radius 1 is 1.12 bits per heavy atom. The fourth-order valence-electron chi connectivity index (χ4n) is 3.06. The number of nitrogens with zero attached hydrogens (tertiary/aromatic N) is 1. The molecule has 0 atom stereocenters. The van der Waals surface area contributed by atoms with E-state index in [1.54, 1.807) is 17.0 Å². The molecule has 132 valence electrons. The third-order valence-electron chi connectivity index (χ3n) is 4.46. The third kappa shape index (κ3) is 3.47. The van der Waals surface area contributed by atoms with Crippen molar-refractivity contribution in [1.29, 1.82) is 0 Å². The molecule has 0 radical (unpaired) electrons. The molecule has 0 fully saturated rings. The van der Waals surface area contributed by atoms with E-state index in [2.05, 4.69) is 0 Å². The number of amides is 1. The van der Waals surface area contributed by atoms with Crippen LogP contribution < -0.4 is 0 Å². The zero-order valence-corrected chi connectivity index (χ0v) is 14.2. The SMILES string of the molecule is O=C(OCc1ccccc1)N1CCc2oc(-c3ccc(F)cc3)cc2C1. The van der Waals surface area contributed by atoms with Gasteiger partial charge in [0.2, 0.25) is 0 Å². The van der Waals surface area contributed by atoms with Gasteiger partial charge in [0.1, 0.15) is 23.9 Å². The van der Waals surface area contributed by atoms with Gasteiger partial charge >= 0.3 is 6.09 Å². The highest BCUT2D eigenvalue weighted by molar-refractivity contribution is 5.68. The quantitative estimate of drug-likeness (QED) is 0.682. The van der Waals surface area contributed by atoms with Crippen LogP contribution in [0.2, 0.25) is 0 Å². The molecule has 0 spiro atoms. The summed E-state index contributed by atoms with van der Waals surface area (Å²) in [6.45, 7) is 1.26. The van der Waals surface area contributed by atoms with E-state index in [4.69, 9.17) is 9.15 Å². The van der Waals surface area contributed by atoms with Gasteiger partial charge in [0.15, 0.2) is 0 Å². The molecular formula is C21H18FNO3. The summed E-state index contributed by atoms with van der Waals surface area (Å²) in [5.74, 6) is 1.28. The normalized spacial score (nSPS) is 13.3. The highest BCUT2D eigenvalue weighted by Gasteiger charge is 2.25. The number of carbonyl (C=O) groups excluding carboxylic acids is 1. The second-order valence-corrected chi connectivity index (χ2v) is 6.28. The van der Waals surface area contributed by atoms with Crippen LogP contribution in [0.15, 0.2) is 65.1 Å². The van der Waals surface area contributed by atoms with E-state index in [1.165, 1.54) is 12.1 Å². The first-order valence-electron chi connectivity index (χ1n) is 8.52. The zero-order valence-electron chi connectivity index (χ0n) is 14.2. The molecule has 1 aliphatic heterocycles. The highest BCUT2D eigenvalue weighted by atomic mass is 19.1. The van der Waals surface area contributed by atoms with Crippen LogP contribution in [0.1, 0.15) is 16.9 Å². The molecule has 2 heterocycles. The molecule has 0 unspecified atom stereocenters. The molecule has 1 amide bonds. The molecule has 0 saturated heterocycles. The molecule has 0 aliphatic carbocycles. The molecular weight excluding hydrogens is 333 g/mol. The molecule has 4 nitrogen and oxygen atoms in total. The Kier molecular flexibility index (Phi) is 4.44. The number of hydrogen-bond donors (Lipinski definition) is 0. The number of benzene rings is 2. The smallest absolute Gasteiger partial charge is 0.410 e. The van der Waals surface area contributed by atoms with Crippen molar-refractivity contribution >= 4 is 6.09 Å². The van der Waals surface area contributed by atoms with Crippen molar-refractivity contribution in [3.63, 3.8) is 0 Å². The number of fused-ring (bicyclic) bond motifs is 1. The Hall–Kier alpha value is -3.08. The maximum atomic E-state index is 13.1. The first-order valence-corrected chi connectivity index (χ1v) is 8.52. The first-order chi connectivity index (χ1) is 12.7. The van der Waals surface area contributed by atoms with Crippen molar-refractivity contribution in [2.75, 3.05) is 6.54 Å². The molecule has 1 aromatic heterocycles. The maximum absolute atomic E-state index is 13.1. The summed E-state index contributed by atoms with van der Waals surface area (Å²) in [5, 5.41) is 0. The van der Waals surface area contributed by atoms with Crippen LogP contribution in [0.3, 0.4) is 0 Å². The van der Waals surface area contributed by atoms with Gasteiger partial charge in [0, 0.05) is 24.1 Å². The summed E-state index contributed by atoms with van der Waals surface area (Å²) in [7, 11) is 0. The van der Waals surface area contributed by atoms with Crippen molar-refractivity contribution in [2.45, 2.75) is 19.6 Å². The predicted octanol–water partition coefficient (Wildman–Crippen LogP) is 4.78. The molecule has 0 saturated carbocycles. The van der Waals surface area contributed by atoms with Crippen LogP contribution in [0.4, 0.5) is 9.18 Å². The van der Waals surface area contributed by atoms with Crippen molar-refractivity contribution in [1.82, 2.24) is 4.90 Å². The minimum atomic E-state index is -0.330. The number of ether oxygens (including phenoxy) is 1.